The van der Waals surface area contributed by atoms with E-state index in [4.69, 9.17) is 57.5 Å². The lowest BCUT2D eigenvalue weighted by atomic mass is 10.1. The minimum Gasteiger partial charge on any atom is -0.496 e. The SMILES string of the molecule is CC(C)(C)OC(=O)NC(C(=O)Nc1cn[nH]c1-c1nc2ccc(CN3CCOCC3)cc2[nH]1)c1ccccc1.COc1cc2nc(-c3[nH]ncc3NC(=O)c3cc(S(=O)(=O)N4CCOCC4)ccc3OC)[nH]c2cc1OC.COc1cc2nc(-c3[nH]ncc3NC(=O)c3cc(S(N)(=O)=O)ccc3OC)[nH]c2cc1OC.CS(=O)(=O)c1cccc(C(=O)Nc2cn[nH]c2-c2nc3ccc(CN4CCOCC4)cc3[nH]2)c1. The third kappa shape index (κ3) is 23.9. The summed E-state index contributed by atoms with van der Waals surface area (Å²) in [4.78, 5) is 101. The van der Waals surface area contributed by atoms with Crippen LogP contribution in [0.3, 0.4) is 0 Å². The quantitative estimate of drug-likeness (QED) is 0.0217. The highest BCUT2D eigenvalue weighted by molar-refractivity contribution is 7.90. The van der Waals surface area contributed by atoms with Gasteiger partial charge in [-0.3, -0.25) is 49.4 Å². The van der Waals surface area contributed by atoms with Crippen LogP contribution < -0.4 is 60.1 Å². The Labute approximate surface area is 823 Å². The number of anilines is 4. The average molecular weight is 2030 g/mol. The van der Waals surface area contributed by atoms with Crippen molar-refractivity contribution in [2.45, 2.75) is 60.2 Å². The first-order valence-corrected chi connectivity index (χ1v) is 49.6. The molecule has 0 bridgehead atoms. The van der Waals surface area contributed by atoms with E-state index in [-0.39, 0.29) is 56.0 Å². The topological polar surface area (TPSA) is 605 Å². The van der Waals surface area contributed by atoms with Crippen molar-refractivity contribution in [3.8, 4) is 80.6 Å². The first-order chi connectivity index (χ1) is 69.2. The van der Waals surface area contributed by atoms with Crippen LogP contribution in [0.25, 0.3) is 90.2 Å². The number of aromatic amines is 8. The number of nitrogens with zero attached hydrogens (tertiary/aromatic N) is 11. The highest BCUT2D eigenvalue weighted by Gasteiger charge is 2.33. The van der Waals surface area contributed by atoms with Gasteiger partial charge in [0.05, 0.1) is 200 Å². The van der Waals surface area contributed by atoms with Crippen LogP contribution in [0.15, 0.2) is 191 Å². The molecule has 19 rings (SSSR count). The fourth-order valence-corrected chi connectivity index (χ4v) is 18.4. The van der Waals surface area contributed by atoms with Crippen LogP contribution in [0, 0.1) is 0 Å². The van der Waals surface area contributed by atoms with Crippen LogP contribution in [0.5, 0.6) is 34.5 Å². The Morgan fingerprint density at radius 3 is 1.22 bits per heavy atom. The predicted octanol–water partition coefficient (Wildman–Crippen LogP) is 10.6. The molecule has 8 aromatic heterocycles. The molecule has 46 nitrogen and oxygen atoms in total. The number of nitrogens with one attached hydrogen (secondary N) is 13. The third-order valence-electron chi connectivity index (χ3n) is 22.9. The number of sulfone groups is 1. The molecule has 3 aliphatic rings. The fraction of sp³-hybridized carbons (Fsp3) is 0.274. The lowest BCUT2D eigenvalue weighted by molar-refractivity contribution is -0.118. The number of nitrogens with two attached hydrogens (primary N) is 1. The largest absolute Gasteiger partial charge is 0.496 e. The number of morpholine rings is 3. The molecule has 11 heterocycles. The van der Waals surface area contributed by atoms with Gasteiger partial charge in [0.15, 0.2) is 56.1 Å². The number of H-pyrrole nitrogens is 8. The second kappa shape index (κ2) is 44.0. The van der Waals surface area contributed by atoms with E-state index >= 15 is 0 Å². The van der Waals surface area contributed by atoms with Crippen LogP contribution in [0.4, 0.5) is 27.5 Å². The summed E-state index contributed by atoms with van der Waals surface area (Å²) in [6, 6.07) is 41.0. The van der Waals surface area contributed by atoms with Gasteiger partial charge in [-0.25, -0.2) is 55.1 Å². The number of aromatic nitrogens is 16. The lowest BCUT2D eigenvalue weighted by Gasteiger charge is -2.26. The van der Waals surface area contributed by atoms with Crippen molar-refractivity contribution in [3.63, 3.8) is 0 Å². The molecule has 1 atom stereocenters. The van der Waals surface area contributed by atoms with Gasteiger partial charge in [-0.1, -0.05) is 48.5 Å². The van der Waals surface area contributed by atoms with Gasteiger partial charge in [0.25, 0.3) is 23.6 Å². The maximum Gasteiger partial charge on any atom is 0.408 e. The zero-order valence-corrected chi connectivity index (χ0v) is 82.0. The number of carbonyl (C=O) groups is 5. The normalized spacial score (nSPS) is 14.0. The molecule has 1 unspecified atom stereocenters. The number of hydrogen-bond acceptors (Lipinski definition) is 31. The maximum atomic E-state index is 13.4. The third-order valence-corrected chi connectivity index (χ3v) is 26.9. The van der Waals surface area contributed by atoms with Gasteiger partial charge in [-0.15, -0.1) is 0 Å². The molecule has 49 heteroatoms. The highest BCUT2D eigenvalue weighted by atomic mass is 32.2. The summed E-state index contributed by atoms with van der Waals surface area (Å²) >= 11 is 0. The highest BCUT2D eigenvalue weighted by Crippen LogP contribution is 2.39. The van der Waals surface area contributed by atoms with Gasteiger partial charge in [-0.2, -0.15) is 24.7 Å². The molecule has 5 amide bonds. The Kier molecular flexibility index (Phi) is 30.9. The Morgan fingerprint density at radius 2 is 0.806 bits per heavy atom. The van der Waals surface area contributed by atoms with E-state index in [1.807, 2.05) is 18.2 Å². The zero-order valence-electron chi connectivity index (χ0n) is 79.5. The van der Waals surface area contributed by atoms with Crippen molar-refractivity contribution in [2.75, 3.05) is 149 Å². The molecule has 0 aliphatic carbocycles. The van der Waals surface area contributed by atoms with Crippen molar-refractivity contribution in [3.05, 3.63) is 210 Å². The summed E-state index contributed by atoms with van der Waals surface area (Å²) in [5.41, 5.74) is 11.9. The fourth-order valence-electron chi connectivity index (χ4n) is 15.8. The summed E-state index contributed by atoms with van der Waals surface area (Å²) < 4.78 is 128. The molecule has 15 N–H and O–H groups in total. The number of alkyl carbamates (subject to hydrolysis) is 1. The molecule has 8 aromatic carbocycles. The predicted molar refractivity (Wildman–Crippen MR) is 531 cm³/mol. The van der Waals surface area contributed by atoms with Gasteiger partial charge >= 0.3 is 6.09 Å². The smallest absolute Gasteiger partial charge is 0.408 e. The van der Waals surface area contributed by atoms with E-state index in [9.17, 15) is 49.2 Å². The molecule has 3 aliphatic heterocycles. The number of amides is 5. The van der Waals surface area contributed by atoms with E-state index in [0.29, 0.717) is 133 Å². The minimum atomic E-state index is -4.01. The van der Waals surface area contributed by atoms with E-state index in [2.05, 4.69) is 136 Å². The van der Waals surface area contributed by atoms with Crippen molar-refractivity contribution >= 4 is 126 Å². The summed E-state index contributed by atoms with van der Waals surface area (Å²) in [5.74, 6) is 2.29. The number of benzene rings is 8. The van der Waals surface area contributed by atoms with Crippen molar-refractivity contribution in [1.29, 1.82) is 0 Å². The van der Waals surface area contributed by atoms with Crippen LogP contribution in [-0.4, -0.2) is 283 Å². The van der Waals surface area contributed by atoms with Crippen molar-refractivity contribution < 1.29 is 96.6 Å². The number of methoxy groups -OCH3 is 6. The van der Waals surface area contributed by atoms with Gasteiger partial charge in [0.1, 0.15) is 45.9 Å². The lowest BCUT2D eigenvalue weighted by Crippen LogP contribution is -2.40. The molecule has 144 heavy (non-hydrogen) atoms. The monoisotopic (exact) mass is 2030 g/mol. The molecular formula is C95H103N25O21S3. The number of primary sulfonamides is 1. The van der Waals surface area contributed by atoms with Crippen molar-refractivity contribution in [2.24, 2.45) is 5.14 Å². The second-order valence-corrected chi connectivity index (χ2v) is 39.3. The number of ether oxygens (including phenoxy) is 10. The average Bonchev–Trinajstić information content (AvgIpc) is 1.43. The molecule has 0 saturated carbocycles. The van der Waals surface area contributed by atoms with Gasteiger partial charge < -0.3 is 93.9 Å². The summed E-state index contributed by atoms with van der Waals surface area (Å²) in [7, 11) is -2.35. The molecule has 0 radical (unpaired) electrons. The Morgan fingerprint density at radius 1 is 0.417 bits per heavy atom. The minimum absolute atomic E-state index is 0.0158. The van der Waals surface area contributed by atoms with E-state index < -0.39 is 71.2 Å². The molecular weight excluding hydrogens is 1920 g/mol. The first-order valence-electron chi connectivity index (χ1n) is 44.7. The standard InChI is InChI=1S/C28H33N7O4.C24H26N6O7S.C23H24N6O4S.C20H20N6O6S/c1-28(2,3)39-27(37)33-23(19-7-5-4-6-8-19)26(36)32-22-16-29-34-24(22)25-30-20-10-9-18(15-21(20)31-25)17-35-11-13-38-14-12-35;1-34-19-5-4-14(38(32,33)30-6-8-37-9-7-30)10-15(19)24(31)28-18-13-25-29-22(18)23-26-16-11-20(35-2)21(36-3)12-17(16)27-23;1-34(31,32)17-4-2-3-16(12-17)23(30)27-20-13-24-28-21(20)22-25-18-6-5-15(11-19(18)26-22)14-29-7-9-33-10-8-29;1-30-15-5-4-10(33(21,28)29)6-11(15)20(27)25-14-9-22-26-18(14)19-23-12-7-16(31-2)17(32-3)8-13(12)24-19/h4-10,15-16,23H,11-14,17H2,1-3H3,(H,29,34)(H,30,31)(H,32,36)(H,33,37);4-5,10-13H,6-9H2,1-3H3,(H,25,29)(H,26,27)(H,28,31);2-6,11-13H,7-10,14H2,1H3,(H,24,28)(H,25,26)(H,27,30);4-9H,1-3H3,(H,22,26)(H,23,24)(H,25,27)(H2,21,28,29). The van der Waals surface area contributed by atoms with Crippen molar-refractivity contribution in [1.82, 2.24) is 100 Å². The van der Waals surface area contributed by atoms with Crippen LogP contribution in [-0.2, 0) is 66.7 Å². The Bertz CT molecular complexity index is 7660. The first kappa shape index (κ1) is 101. The number of sulfonamides is 2. The van der Waals surface area contributed by atoms with E-state index in [1.165, 1.54) is 124 Å². The Balaban J connectivity index is 0.000000138. The van der Waals surface area contributed by atoms with Crippen LogP contribution in [0.1, 0.15) is 74.6 Å². The number of imidazole rings is 4. The van der Waals surface area contributed by atoms with Gasteiger partial charge in [0.2, 0.25) is 20.0 Å². The maximum absolute atomic E-state index is 13.4. The molecule has 16 aromatic rings. The molecule has 752 valence electrons. The van der Waals surface area contributed by atoms with E-state index in [1.54, 1.807) is 82.5 Å². The zero-order chi connectivity index (χ0) is 102. The van der Waals surface area contributed by atoms with Gasteiger partial charge in [0, 0.05) is 88.4 Å². The summed E-state index contributed by atoms with van der Waals surface area (Å²) in [5, 5.41) is 46.7. The van der Waals surface area contributed by atoms with E-state index in [0.717, 1.165) is 100 Å². The number of hydrogen-bond donors (Lipinski definition) is 14. The molecule has 3 fully saturated rings. The second-order valence-electron chi connectivity index (χ2n) is 33.8. The number of rotatable bonds is 28. The van der Waals surface area contributed by atoms with Crippen LogP contribution >= 0.6 is 0 Å². The molecule has 0 spiro atoms. The summed E-state index contributed by atoms with van der Waals surface area (Å²) in [6.07, 6.45) is 6.25. The number of fused-ring (bicyclic) bond motifs is 4. The van der Waals surface area contributed by atoms with Crippen LogP contribution in [0.2, 0.25) is 0 Å². The molecule has 3 saturated heterocycles. The summed E-state index contributed by atoms with van der Waals surface area (Å²) in [6.45, 7) is 14.7. The number of carbonyl (C=O) groups excluding carboxylic acids is 5. The Hall–Kier alpha value is -16.0. The van der Waals surface area contributed by atoms with Gasteiger partial charge in [-0.05, 0) is 116 Å².